The Kier molecular flexibility index (Phi) is 4.79. The number of rotatable bonds is 5. The van der Waals surface area contributed by atoms with Crippen LogP contribution in [0.25, 0.3) is 0 Å². The predicted octanol–water partition coefficient (Wildman–Crippen LogP) is 3.18. The van der Waals surface area contributed by atoms with Gasteiger partial charge in [-0.15, -0.1) is 0 Å². The molecule has 0 unspecified atom stereocenters. The first-order valence-electron chi connectivity index (χ1n) is 7.97. The summed E-state index contributed by atoms with van der Waals surface area (Å²) in [6.07, 6.45) is 0.782. The molecule has 1 aliphatic heterocycles. The number of benzene rings is 2. The Hall–Kier alpha value is -2.82. The molecule has 0 aliphatic carbocycles. The molecule has 0 fully saturated rings. The fourth-order valence-corrected chi connectivity index (χ4v) is 2.58. The number of hydrogen-bond donors (Lipinski definition) is 0. The molecule has 5 nitrogen and oxygen atoms in total. The van der Waals surface area contributed by atoms with Crippen LogP contribution in [-0.4, -0.2) is 25.1 Å². The van der Waals surface area contributed by atoms with Crippen LogP contribution in [0, 0.1) is 0 Å². The van der Waals surface area contributed by atoms with Crippen molar-refractivity contribution in [3.05, 3.63) is 59.7 Å². The second-order valence-corrected chi connectivity index (χ2v) is 5.57. The number of nitrogens with zero attached hydrogens (tertiary/aromatic N) is 1. The number of anilines is 1. The molecule has 124 valence electrons. The molecule has 1 aliphatic rings. The third-order valence-electron chi connectivity index (χ3n) is 3.75. The fourth-order valence-electron chi connectivity index (χ4n) is 2.58. The minimum Gasteiger partial charge on any atom is -0.482 e. The van der Waals surface area contributed by atoms with Crippen molar-refractivity contribution < 1.29 is 19.1 Å². The molecule has 0 N–H and O–H groups in total. The second-order valence-electron chi connectivity index (χ2n) is 5.57. The zero-order valence-electron chi connectivity index (χ0n) is 13.5. The lowest BCUT2D eigenvalue weighted by Gasteiger charge is -2.29. The summed E-state index contributed by atoms with van der Waals surface area (Å²) in [4.78, 5) is 25.9. The largest absolute Gasteiger partial charge is 0.482 e. The van der Waals surface area contributed by atoms with Crippen LogP contribution in [0.1, 0.15) is 29.3 Å². The molecule has 0 saturated carbocycles. The normalized spacial score (nSPS) is 13.2. The van der Waals surface area contributed by atoms with Crippen LogP contribution in [0.5, 0.6) is 5.75 Å². The Labute approximate surface area is 140 Å². The molecular formula is C19H19NO4. The summed E-state index contributed by atoms with van der Waals surface area (Å²) in [5, 5.41) is 0. The molecule has 1 amide bonds. The summed E-state index contributed by atoms with van der Waals surface area (Å²) in [5.41, 5.74) is 2.11. The zero-order valence-corrected chi connectivity index (χ0v) is 13.5. The average Bonchev–Trinajstić information content (AvgIpc) is 2.62. The van der Waals surface area contributed by atoms with E-state index in [4.69, 9.17) is 9.47 Å². The van der Waals surface area contributed by atoms with Crippen molar-refractivity contribution >= 4 is 17.6 Å². The Morgan fingerprint density at radius 1 is 1.21 bits per heavy atom. The van der Waals surface area contributed by atoms with Gasteiger partial charge in [-0.3, -0.25) is 4.79 Å². The Bertz CT molecular complexity index is 757. The number of carbonyl (C=O) groups excluding carboxylic acids is 2. The second kappa shape index (κ2) is 7.17. The van der Waals surface area contributed by atoms with Gasteiger partial charge in [-0.2, -0.15) is 0 Å². The topological polar surface area (TPSA) is 55.8 Å². The minimum atomic E-state index is -0.340. The van der Waals surface area contributed by atoms with Crippen LogP contribution >= 0.6 is 0 Å². The molecule has 0 saturated heterocycles. The van der Waals surface area contributed by atoms with Crippen molar-refractivity contribution in [1.29, 1.82) is 0 Å². The smallest absolute Gasteiger partial charge is 0.338 e. The van der Waals surface area contributed by atoms with Crippen LogP contribution in [0.2, 0.25) is 0 Å². The molecular weight excluding hydrogens is 306 g/mol. The van der Waals surface area contributed by atoms with E-state index < -0.39 is 0 Å². The van der Waals surface area contributed by atoms with Gasteiger partial charge in [0.1, 0.15) is 5.75 Å². The number of esters is 1. The highest BCUT2D eigenvalue weighted by molar-refractivity contribution is 5.97. The quantitative estimate of drug-likeness (QED) is 0.792. The van der Waals surface area contributed by atoms with Gasteiger partial charge in [0.15, 0.2) is 6.61 Å². The van der Waals surface area contributed by atoms with Crippen molar-refractivity contribution in [2.75, 3.05) is 18.1 Å². The van der Waals surface area contributed by atoms with Crippen LogP contribution in [0.4, 0.5) is 5.69 Å². The lowest BCUT2D eigenvalue weighted by molar-refractivity contribution is -0.121. The summed E-state index contributed by atoms with van der Waals surface area (Å²) >= 11 is 0. The number of fused-ring (bicyclic) bond motifs is 1. The maximum absolute atomic E-state index is 12.2. The Balaban J connectivity index is 1.81. The Morgan fingerprint density at radius 3 is 2.88 bits per heavy atom. The monoisotopic (exact) mass is 325 g/mol. The first-order valence-corrected chi connectivity index (χ1v) is 7.97. The van der Waals surface area contributed by atoms with E-state index in [2.05, 4.69) is 0 Å². The molecule has 2 aromatic rings. The maximum atomic E-state index is 12.2. The van der Waals surface area contributed by atoms with E-state index in [9.17, 15) is 9.59 Å². The van der Waals surface area contributed by atoms with Crippen molar-refractivity contribution in [2.45, 2.75) is 19.9 Å². The van der Waals surface area contributed by atoms with Gasteiger partial charge in [0.25, 0.3) is 5.91 Å². The van der Waals surface area contributed by atoms with E-state index >= 15 is 0 Å². The van der Waals surface area contributed by atoms with Gasteiger partial charge in [0, 0.05) is 0 Å². The molecule has 0 atom stereocenters. The predicted molar refractivity (Wildman–Crippen MR) is 90.1 cm³/mol. The lowest BCUT2D eigenvalue weighted by Crippen LogP contribution is -2.38. The van der Waals surface area contributed by atoms with Crippen molar-refractivity contribution in [3.63, 3.8) is 0 Å². The first-order chi connectivity index (χ1) is 11.7. The van der Waals surface area contributed by atoms with Crippen LogP contribution in [0.3, 0.4) is 0 Å². The average molecular weight is 325 g/mol. The number of para-hydroxylation sites is 2. The summed E-state index contributed by atoms with van der Waals surface area (Å²) in [7, 11) is 0. The third-order valence-corrected chi connectivity index (χ3v) is 3.75. The molecule has 0 spiro atoms. The highest BCUT2D eigenvalue weighted by Crippen LogP contribution is 2.32. The number of hydrogen-bond acceptors (Lipinski definition) is 4. The lowest BCUT2D eigenvalue weighted by atomic mass is 10.1. The highest BCUT2D eigenvalue weighted by atomic mass is 16.5. The summed E-state index contributed by atoms with van der Waals surface area (Å²) in [5.74, 6) is 0.246. The summed E-state index contributed by atoms with van der Waals surface area (Å²) < 4.78 is 10.6. The van der Waals surface area contributed by atoms with E-state index in [1.807, 2.05) is 37.3 Å². The molecule has 0 bridgehead atoms. The molecule has 0 aromatic heterocycles. The maximum Gasteiger partial charge on any atom is 0.338 e. The van der Waals surface area contributed by atoms with Gasteiger partial charge in [-0.05, 0) is 36.2 Å². The van der Waals surface area contributed by atoms with Crippen LogP contribution in [-0.2, 0) is 16.1 Å². The highest BCUT2D eigenvalue weighted by Gasteiger charge is 2.25. The molecule has 1 heterocycles. The van der Waals surface area contributed by atoms with Crippen molar-refractivity contribution in [1.82, 2.24) is 0 Å². The van der Waals surface area contributed by atoms with Gasteiger partial charge in [0.2, 0.25) is 0 Å². The fraction of sp³-hybridized carbons (Fsp3) is 0.263. The third kappa shape index (κ3) is 3.40. The number of amides is 1. The van der Waals surface area contributed by atoms with E-state index in [1.54, 1.807) is 23.1 Å². The van der Waals surface area contributed by atoms with Gasteiger partial charge in [-0.1, -0.05) is 31.2 Å². The van der Waals surface area contributed by atoms with E-state index in [-0.39, 0.29) is 18.5 Å². The zero-order chi connectivity index (χ0) is 16.9. The Morgan fingerprint density at radius 2 is 2.04 bits per heavy atom. The van der Waals surface area contributed by atoms with E-state index in [0.717, 1.165) is 17.7 Å². The number of carbonyl (C=O) groups is 2. The molecule has 2 aromatic carbocycles. The first kappa shape index (κ1) is 16.1. The SMILES string of the molecule is CCCOC(=O)c1cccc(CN2C(=O)COc3ccccc32)c1. The van der Waals surface area contributed by atoms with Gasteiger partial charge >= 0.3 is 5.97 Å². The van der Waals surface area contributed by atoms with Gasteiger partial charge in [0.05, 0.1) is 24.4 Å². The molecule has 3 rings (SSSR count). The number of ether oxygens (including phenoxy) is 2. The summed E-state index contributed by atoms with van der Waals surface area (Å²) in [6, 6.07) is 14.6. The molecule has 0 radical (unpaired) electrons. The molecule has 24 heavy (non-hydrogen) atoms. The van der Waals surface area contributed by atoms with E-state index in [0.29, 0.717) is 24.5 Å². The summed E-state index contributed by atoms with van der Waals surface area (Å²) in [6.45, 7) is 2.76. The van der Waals surface area contributed by atoms with E-state index in [1.165, 1.54) is 0 Å². The van der Waals surface area contributed by atoms with Crippen molar-refractivity contribution in [2.24, 2.45) is 0 Å². The molecule has 5 heteroatoms. The standard InChI is InChI=1S/C19H19NO4/c1-2-10-23-19(22)15-7-5-6-14(11-15)12-20-16-8-3-4-9-17(16)24-13-18(20)21/h3-9,11H,2,10,12-13H2,1H3. The van der Waals surface area contributed by atoms with Gasteiger partial charge in [-0.25, -0.2) is 4.79 Å². The van der Waals surface area contributed by atoms with Crippen molar-refractivity contribution in [3.8, 4) is 5.75 Å². The van der Waals surface area contributed by atoms with Crippen LogP contribution < -0.4 is 9.64 Å². The van der Waals surface area contributed by atoms with Crippen LogP contribution in [0.15, 0.2) is 48.5 Å². The van der Waals surface area contributed by atoms with Gasteiger partial charge < -0.3 is 14.4 Å². The minimum absolute atomic E-state index is 0.0231.